The zero-order chi connectivity index (χ0) is 28.1. The van der Waals surface area contributed by atoms with Crippen LogP contribution in [0.3, 0.4) is 0 Å². The van der Waals surface area contributed by atoms with E-state index in [1.165, 1.54) is 6.08 Å². The summed E-state index contributed by atoms with van der Waals surface area (Å²) in [6.45, 7) is 24.8. The second kappa shape index (κ2) is 11.7. The van der Waals surface area contributed by atoms with Crippen molar-refractivity contribution in [1.29, 1.82) is 0 Å². The molecule has 0 radical (unpaired) electrons. The highest BCUT2D eigenvalue weighted by atomic mass is 28.4. The number of alkyl carbamates (subject to hydrolysis) is 1. The number of hydrogen-bond donors (Lipinski definition) is 2. The van der Waals surface area contributed by atoms with E-state index in [-0.39, 0.29) is 23.1 Å². The minimum absolute atomic E-state index is 0.00421. The number of carbonyl (C=O) groups excluding carboxylic acids is 1. The van der Waals surface area contributed by atoms with Gasteiger partial charge in [-0.1, -0.05) is 54.2 Å². The van der Waals surface area contributed by atoms with Crippen LogP contribution >= 0.6 is 0 Å². The van der Waals surface area contributed by atoms with Gasteiger partial charge >= 0.3 is 12.1 Å². The average Bonchev–Trinajstić information content (AvgIpc) is 2.69. The summed E-state index contributed by atoms with van der Waals surface area (Å²) >= 11 is 0. The number of nitrogens with one attached hydrogen (secondary N) is 1. The molecule has 0 unspecified atom stereocenters. The summed E-state index contributed by atoms with van der Waals surface area (Å²) in [5, 5.41) is 12.0. The van der Waals surface area contributed by atoms with E-state index in [2.05, 4.69) is 79.6 Å². The molecular formula is C26H45NO7Si2. The fourth-order valence-corrected chi connectivity index (χ4v) is 4.73. The van der Waals surface area contributed by atoms with E-state index in [1.54, 1.807) is 19.2 Å². The summed E-state index contributed by atoms with van der Waals surface area (Å²) in [5.41, 5.74) is 0.634. The molecule has 0 bridgehead atoms. The van der Waals surface area contributed by atoms with E-state index in [0.717, 1.165) is 0 Å². The first-order chi connectivity index (χ1) is 16.3. The molecule has 0 aromatic heterocycles. The second-order valence-corrected chi connectivity index (χ2v) is 21.4. The monoisotopic (exact) mass is 539 g/mol. The molecule has 0 saturated heterocycles. The highest BCUT2D eigenvalue weighted by molar-refractivity contribution is 6.75. The molecule has 0 spiro atoms. The zero-order valence-corrected chi connectivity index (χ0v) is 25.8. The van der Waals surface area contributed by atoms with Crippen molar-refractivity contribution in [3.05, 3.63) is 30.4 Å². The Morgan fingerprint density at radius 2 is 1.44 bits per heavy atom. The van der Waals surface area contributed by atoms with Gasteiger partial charge in [-0.2, -0.15) is 0 Å². The molecule has 204 valence electrons. The third-order valence-corrected chi connectivity index (χ3v) is 15.7. The van der Waals surface area contributed by atoms with Crippen LogP contribution in [0.15, 0.2) is 24.8 Å². The molecule has 1 rings (SSSR count). The summed E-state index contributed by atoms with van der Waals surface area (Å²) in [5.74, 6) is 0.320. The van der Waals surface area contributed by atoms with Gasteiger partial charge in [-0.25, -0.2) is 9.59 Å². The van der Waals surface area contributed by atoms with E-state index in [0.29, 0.717) is 22.8 Å². The molecular weight excluding hydrogens is 494 g/mol. The van der Waals surface area contributed by atoms with Crippen molar-refractivity contribution in [1.82, 2.24) is 5.32 Å². The number of hydrogen-bond acceptors (Lipinski definition) is 6. The van der Waals surface area contributed by atoms with Crippen LogP contribution in [0, 0.1) is 0 Å². The Labute approximate surface area is 218 Å². The Kier molecular flexibility index (Phi) is 10.3. The third kappa shape index (κ3) is 8.29. The minimum Gasteiger partial charge on any atom is -0.541 e. The Hall–Kier alpha value is -2.47. The maximum atomic E-state index is 12.0. The number of aliphatic carboxylic acids is 1. The van der Waals surface area contributed by atoms with Crippen LogP contribution in [0.5, 0.6) is 17.2 Å². The molecule has 1 amide bonds. The quantitative estimate of drug-likeness (QED) is 0.249. The van der Waals surface area contributed by atoms with Gasteiger partial charge in [-0.15, -0.1) is 0 Å². The van der Waals surface area contributed by atoms with Gasteiger partial charge in [0.05, 0.1) is 7.11 Å². The predicted octanol–water partition coefficient (Wildman–Crippen LogP) is 6.37. The van der Waals surface area contributed by atoms with Gasteiger partial charge in [-0.05, 0) is 54.0 Å². The molecule has 1 aromatic carbocycles. The zero-order valence-electron chi connectivity index (χ0n) is 23.8. The molecule has 36 heavy (non-hydrogen) atoms. The summed E-state index contributed by atoms with van der Waals surface area (Å²) in [6.07, 6.45) is 0.587. The Balaban J connectivity index is 3.60. The Morgan fingerprint density at radius 1 is 1.00 bits per heavy atom. The van der Waals surface area contributed by atoms with Crippen LogP contribution in [0.2, 0.25) is 36.3 Å². The topological polar surface area (TPSA) is 103 Å². The Morgan fingerprint density at radius 3 is 1.78 bits per heavy atom. The normalized spacial score (nSPS) is 13.4. The molecule has 1 aromatic rings. The van der Waals surface area contributed by atoms with Crippen molar-refractivity contribution in [3.8, 4) is 17.2 Å². The molecule has 10 heteroatoms. The largest absolute Gasteiger partial charge is 0.541 e. The number of benzene rings is 1. The maximum Gasteiger partial charge on any atom is 0.408 e. The fraction of sp³-hybridized carbons (Fsp3) is 0.615. The lowest BCUT2D eigenvalue weighted by Gasteiger charge is -2.39. The van der Waals surface area contributed by atoms with Crippen LogP contribution in [0.1, 0.15) is 47.1 Å². The van der Waals surface area contributed by atoms with Gasteiger partial charge in [0.25, 0.3) is 16.6 Å². The molecule has 2 N–H and O–H groups in total. The Bertz CT molecular complexity index is 898. The van der Waals surface area contributed by atoms with Gasteiger partial charge in [0.1, 0.15) is 12.6 Å². The number of methoxy groups -OCH3 is 1. The van der Waals surface area contributed by atoms with Gasteiger partial charge in [0.15, 0.2) is 11.5 Å². The number of carboxylic acid groups (broad SMARTS) is 1. The highest BCUT2D eigenvalue weighted by Crippen LogP contribution is 2.47. The van der Waals surface area contributed by atoms with E-state index in [4.69, 9.17) is 18.3 Å². The van der Waals surface area contributed by atoms with Crippen molar-refractivity contribution in [3.63, 3.8) is 0 Å². The van der Waals surface area contributed by atoms with Gasteiger partial charge in [0.2, 0.25) is 5.75 Å². The van der Waals surface area contributed by atoms with Gasteiger partial charge in [-0.3, -0.25) is 0 Å². The molecule has 0 aliphatic rings. The molecule has 0 fully saturated rings. The van der Waals surface area contributed by atoms with Crippen LogP contribution in [0.4, 0.5) is 4.79 Å². The van der Waals surface area contributed by atoms with E-state index in [9.17, 15) is 14.7 Å². The molecule has 0 aliphatic carbocycles. The lowest BCUT2D eigenvalue weighted by Crippen LogP contribution is -2.45. The molecule has 0 heterocycles. The van der Waals surface area contributed by atoms with Crippen molar-refractivity contribution in [2.24, 2.45) is 0 Å². The van der Waals surface area contributed by atoms with Crippen LogP contribution in [-0.4, -0.2) is 53.6 Å². The standard InChI is InChI=1S/C26H45NO7Si2/c1-13-14-32-24(30)27-19(23(28)29)15-18-16-20(33-35(9,10)25(2,3)4)22(31-8)21(17-18)34-36(11,12)26(5,6)7/h13,16-17,19H,1,14-15H2,2-12H3,(H,27,30)(H,28,29)/t19-/m0/s1. The first-order valence-electron chi connectivity index (χ1n) is 12.1. The predicted molar refractivity (Wildman–Crippen MR) is 148 cm³/mol. The minimum atomic E-state index is -2.28. The summed E-state index contributed by atoms with van der Waals surface area (Å²) in [4.78, 5) is 24.0. The number of rotatable bonds is 11. The van der Waals surface area contributed by atoms with Crippen LogP contribution in [-0.2, 0) is 16.0 Å². The number of carboxylic acids is 1. The average molecular weight is 540 g/mol. The van der Waals surface area contributed by atoms with Crippen molar-refractivity contribution in [2.75, 3.05) is 13.7 Å². The third-order valence-electron chi connectivity index (χ3n) is 6.99. The molecule has 8 nitrogen and oxygen atoms in total. The van der Waals surface area contributed by atoms with Gasteiger partial charge in [0, 0.05) is 6.42 Å². The van der Waals surface area contributed by atoms with E-state index >= 15 is 0 Å². The van der Waals surface area contributed by atoms with Crippen molar-refractivity contribution >= 4 is 28.7 Å². The smallest absolute Gasteiger partial charge is 0.408 e. The highest BCUT2D eigenvalue weighted by Gasteiger charge is 2.42. The van der Waals surface area contributed by atoms with Crippen LogP contribution in [0.25, 0.3) is 0 Å². The lowest BCUT2D eigenvalue weighted by molar-refractivity contribution is -0.139. The first kappa shape index (κ1) is 31.6. The van der Waals surface area contributed by atoms with E-state index < -0.39 is 34.7 Å². The van der Waals surface area contributed by atoms with E-state index in [1.807, 2.05) is 0 Å². The lowest BCUT2D eigenvalue weighted by atomic mass is 10.0. The fourth-order valence-electron chi connectivity index (χ4n) is 2.71. The molecule has 1 atom stereocenters. The number of carbonyl (C=O) groups is 2. The SMILES string of the molecule is C=CCOC(=O)N[C@@H](Cc1cc(O[Si](C)(C)C(C)(C)C)c(OC)c(O[Si](C)(C)C(C)(C)C)c1)C(=O)O. The maximum absolute atomic E-state index is 12.0. The summed E-state index contributed by atoms with van der Waals surface area (Å²) < 4.78 is 23.9. The van der Waals surface area contributed by atoms with Gasteiger partial charge < -0.3 is 28.7 Å². The first-order valence-corrected chi connectivity index (χ1v) is 17.9. The molecule has 0 aliphatic heterocycles. The summed E-state index contributed by atoms with van der Waals surface area (Å²) in [7, 11) is -2.98. The second-order valence-electron chi connectivity index (χ2n) is 12.0. The number of amides is 1. The number of ether oxygens (including phenoxy) is 2. The van der Waals surface area contributed by atoms with Crippen LogP contribution < -0.4 is 18.9 Å². The van der Waals surface area contributed by atoms with Crippen molar-refractivity contribution < 1.29 is 33.0 Å². The summed E-state index contributed by atoms with van der Waals surface area (Å²) in [6, 6.07) is 2.35. The van der Waals surface area contributed by atoms with Crippen molar-refractivity contribution in [2.45, 2.75) is 90.3 Å². The molecule has 0 saturated carbocycles.